The molecule has 0 aliphatic carbocycles. The van der Waals surface area contributed by atoms with Gasteiger partial charge in [-0.05, 0) is 0 Å². The van der Waals surface area contributed by atoms with E-state index in [1.807, 2.05) is 0 Å². The normalized spacial score (nSPS) is 9.92. The van der Waals surface area contributed by atoms with Crippen LogP contribution >= 0.6 is 0 Å². The molecule has 0 atom stereocenters. The molecule has 0 saturated carbocycles. The first-order valence-electron chi connectivity index (χ1n) is 3.88. The molecule has 1 aromatic rings. The Kier molecular flexibility index (Phi) is 3.84. The molecule has 0 spiro atoms. The summed E-state index contributed by atoms with van der Waals surface area (Å²) in [6.45, 7) is 2.13. The summed E-state index contributed by atoms with van der Waals surface area (Å²) >= 11 is -1.00. The van der Waals surface area contributed by atoms with Gasteiger partial charge in [0, 0.05) is 0 Å². The molecule has 0 fully saturated rings. The molecule has 0 saturated heterocycles. The number of carbonyl (C=O) groups excluding carboxylic acids is 1. The Hall–Kier alpha value is -0.952. The van der Waals surface area contributed by atoms with Crippen LogP contribution in [0.3, 0.4) is 0 Å². The van der Waals surface area contributed by atoms with Crippen molar-refractivity contribution in [3.05, 3.63) is 29.8 Å². The van der Waals surface area contributed by atoms with Crippen LogP contribution in [0.2, 0.25) is 0 Å². The number of hydrogen-bond acceptors (Lipinski definition) is 3. The Morgan fingerprint density at radius 3 is 2.46 bits per heavy atom. The van der Waals surface area contributed by atoms with Gasteiger partial charge in [-0.1, -0.05) is 0 Å². The van der Waals surface area contributed by atoms with Gasteiger partial charge in [-0.25, -0.2) is 0 Å². The summed E-state index contributed by atoms with van der Waals surface area (Å²) in [5, 5.41) is 0. The zero-order valence-electron chi connectivity index (χ0n) is 7.19. The van der Waals surface area contributed by atoms with Gasteiger partial charge in [-0.15, -0.1) is 0 Å². The van der Waals surface area contributed by atoms with Crippen molar-refractivity contribution in [1.29, 1.82) is 0 Å². The molecular weight excluding hydrogens is 231 g/mol. The van der Waals surface area contributed by atoms with E-state index >= 15 is 0 Å². The summed E-state index contributed by atoms with van der Waals surface area (Å²) in [5.74, 6) is -0.337. The summed E-state index contributed by atoms with van der Waals surface area (Å²) in [4.78, 5) is 11.2. The molecule has 0 heterocycles. The maximum atomic E-state index is 11.2. The fourth-order valence-corrected chi connectivity index (χ4v) is 1.44. The Labute approximate surface area is 83.0 Å². The molecule has 0 amide bonds. The van der Waals surface area contributed by atoms with E-state index in [-0.39, 0.29) is 5.97 Å². The van der Waals surface area contributed by atoms with E-state index in [0.717, 1.165) is 4.35 Å². The second-order valence-electron chi connectivity index (χ2n) is 2.36. The van der Waals surface area contributed by atoms with Crippen molar-refractivity contribution in [2.45, 2.75) is 6.92 Å². The number of rotatable bonds is 3. The van der Waals surface area contributed by atoms with E-state index in [2.05, 4.69) is 0 Å². The van der Waals surface area contributed by atoms with Crippen molar-refractivity contribution in [3.8, 4) is 0 Å². The van der Waals surface area contributed by atoms with Gasteiger partial charge < -0.3 is 0 Å². The molecular formula is C9H9AsO3. The van der Waals surface area contributed by atoms with Gasteiger partial charge in [-0.3, -0.25) is 0 Å². The van der Waals surface area contributed by atoms with Crippen molar-refractivity contribution in [1.82, 2.24) is 0 Å². The molecule has 13 heavy (non-hydrogen) atoms. The van der Waals surface area contributed by atoms with Crippen LogP contribution in [0.25, 0.3) is 0 Å². The Bertz CT molecular complexity index is 305. The van der Waals surface area contributed by atoms with E-state index in [1.54, 1.807) is 31.2 Å². The molecule has 0 aromatic heterocycles. The van der Waals surface area contributed by atoms with Crippen LogP contribution in [-0.4, -0.2) is 28.3 Å². The third-order valence-electron chi connectivity index (χ3n) is 1.48. The molecule has 0 aliphatic rings. The van der Waals surface area contributed by atoms with Crippen molar-refractivity contribution >= 4 is 26.0 Å². The molecule has 0 N–H and O–H groups in total. The summed E-state index contributed by atoms with van der Waals surface area (Å²) in [6, 6.07) is 6.61. The average molecular weight is 240 g/mol. The summed E-state index contributed by atoms with van der Waals surface area (Å²) in [5.41, 5.74) is 0.500. The van der Waals surface area contributed by atoms with Crippen molar-refractivity contribution in [2.24, 2.45) is 0 Å². The quantitative estimate of drug-likeness (QED) is 0.572. The number of benzene rings is 1. The monoisotopic (exact) mass is 240 g/mol. The number of esters is 1. The van der Waals surface area contributed by atoms with Gasteiger partial charge >= 0.3 is 82.6 Å². The van der Waals surface area contributed by atoms with E-state index in [9.17, 15) is 8.53 Å². The fraction of sp³-hybridized carbons (Fsp3) is 0.222. The van der Waals surface area contributed by atoms with Gasteiger partial charge in [0.1, 0.15) is 0 Å². The third kappa shape index (κ3) is 2.78. The van der Waals surface area contributed by atoms with Gasteiger partial charge in [0.05, 0.1) is 0 Å². The molecule has 0 unspecified atom stereocenters. The molecule has 1 rings (SSSR count). The van der Waals surface area contributed by atoms with Gasteiger partial charge in [0.2, 0.25) is 0 Å². The van der Waals surface area contributed by atoms with Crippen LogP contribution < -0.4 is 4.35 Å². The second-order valence-corrected chi connectivity index (χ2v) is 3.83. The van der Waals surface area contributed by atoms with Crippen LogP contribution in [0.5, 0.6) is 0 Å². The van der Waals surface area contributed by atoms with E-state index < -0.39 is 15.7 Å². The molecule has 68 valence electrons. The van der Waals surface area contributed by atoms with Crippen LogP contribution in [-0.2, 0) is 8.48 Å². The standard InChI is InChI=1S/C9H9AsO3/c1-2-13-9(11)7-3-5-8(10-12)6-4-7/h3-6H,2H2,1H3. The Morgan fingerprint density at radius 1 is 1.38 bits per heavy atom. The molecule has 1 aromatic carbocycles. The molecule has 4 heteroatoms. The van der Waals surface area contributed by atoms with Crippen LogP contribution in [0.4, 0.5) is 0 Å². The summed E-state index contributed by atoms with van der Waals surface area (Å²) < 4.78 is 16.1. The zero-order chi connectivity index (χ0) is 9.68. The maximum absolute atomic E-state index is 11.2. The third-order valence-corrected chi connectivity index (χ3v) is 2.55. The Morgan fingerprint density at radius 2 is 2.00 bits per heavy atom. The van der Waals surface area contributed by atoms with E-state index in [4.69, 9.17) is 4.74 Å². The molecule has 0 aliphatic heterocycles. The predicted octanol–water partition coefficient (Wildman–Crippen LogP) is 0.538. The first-order chi connectivity index (χ1) is 6.27. The van der Waals surface area contributed by atoms with Crippen LogP contribution in [0, 0.1) is 0 Å². The topological polar surface area (TPSA) is 43.4 Å². The van der Waals surface area contributed by atoms with Gasteiger partial charge in [-0.2, -0.15) is 0 Å². The minimum absolute atomic E-state index is 0.337. The first kappa shape index (κ1) is 10.1. The van der Waals surface area contributed by atoms with Crippen LogP contribution in [0.15, 0.2) is 24.3 Å². The number of hydrogen-bond donors (Lipinski definition) is 0. The predicted molar refractivity (Wildman–Crippen MR) is 48.5 cm³/mol. The summed E-state index contributed by atoms with van der Waals surface area (Å²) in [6.07, 6.45) is 0. The van der Waals surface area contributed by atoms with Crippen molar-refractivity contribution in [3.63, 3.8) is 0 Å². The average Bonchev–Trinajstić information content (AvgIpc) is 2.18. The fourth-order valence-electron chi connectivity index (χ4n) is 0.873. The van der Waals surface area contributed by atoms with E-state index in [0.29, 0.717) is 12.2 Å². The first-order valence-corrected chi connectivity index (χ1v) is 5.59. The Balaban J connectivity index is 2.79. The zero-order valence-corrected chi connectivity index (χ0v) is 9.07. The molecule has 0 radical (unpaired) electrons. The van der Waals surface area contributed by atoms with Gasteiger partial charge in [0.15, 0.2) is 0 Å². The van der Waals surface area contributed by atoms with Crippen molar-refractivity contribution in [2.75, 3.05) is 6.61 Å². The number of carbonyl (C=O) groups is 1. The minimum atomic E-state index is -1.00. The van der Waals surface area contributed by atoms with Crippen molar-refractivity contribution < 1.29 is 13.3 Å². The van der Waals surface area contributed by atoms with Crippen LogP contribution in [0.1, 0.15) is 17.3 Å². The second kappa shape index (κ2) is 4.93. The molecule has 3 nitrogen and oxygen atoms in total. The van der Waals surface area contributed by atoms with Gasteiger partial charge in [0.25, 0.3) is 0 Å². The SMILES string of the molecule is CCOC(=O)c1ccc([As]=O)cc1. The van der Waals surface area contributed by atoms with E-state index in [1.165, 1.54) is 0 Å². The summed E-state index contributed by atoms with van der Waals surface area (Å²) in [7, 11) is 0. The molecule has 0 bridgehead atoms. The number of ether oxygens (including phenoxy) is 1.